The number of hydrogen-bond acceptors (Lipinski definition) is 13. The summed E-state index contributed by atoms with van der Waals surface area (Å²) < 4.78 is 57.9. The Hall–Kier alpha value is -2.01. The molecule has 1 aliphatic heterocycles. The van der Waals surface area contributed by atoms with E-state index >= 15 is 0 Å². The summed E-state index contributed by atoms with van der Waals surface area (Å²) in [7, 11) is -16.8. The Morgan fingerprint density at radius 1 is 1.06 bits per heavy atom. The number of aromatic nitrogens is 3. The average molecular weight is 572 g/mol. The van der Waals surface area contributed by atoms with Crippen LogP contribution >= 0.6 is 23.5 Å². The highest BCUT2D eigenvalue weighted by atomic mass is 31.3. The van der Waals surface area contributed by atoms with Gasteiger partial charge in [0.2, 0.25) is 0 Å². The Balaban J connectivity index is 1.54. The van der Waals surface area contributed by atoms with Crippen molar-refractivity contribution in [3.05, 3.63) is 31.1 Å². The Morgan fingerprint density at radius 3 is 2.42 bits per heavy atom. The van der Waals surface area contributed by atoms with Gasteiger partial charge in [0.05, 0.1) is 24.5 Å². The highest BCUT2D eigenvalue weighted by Gasteiger charge is 2.47. The molecule has 1 fully saturated rings. The molecule has 21 heteroatoms. The van der Waals surface area contributed by atoms with Crippen LogP contribution in [0.1, 0.15) is 6.23 Å². The number of furan rings is 1. The van der Waals surface area contributed by atoms with Crippen LogP contribution in [0.15, 0.2) is 35.5 Å². The molecule has 0 aliphatic carbocycles. The molecule has 0 saturated carbocycles. The zero-order chi connectivity index (χ0) is 26.5. The summed E-state index contributed by atoms with van der Waals surface area (Å²) in [5, 5.41) is 21.4. The molecule has 198 valence electrons. The lowest BCUT2D eigenvalue weighted by Crippen LogP contribution is -2.33. The van der Waals surface area contributed by atoms with Crippen LogP contribution in [0.3, 0.4) is 0 Å². The summed E-state index contributed by atoms with van der Waals surface area (Å²) in [5.41, 5.74) is 7.33. The molecule has 0 spiro atoms. The molecule has 2 unspecified atom stereocenters. The van der Waals surface area contributed by atoms with E-state index in [4.69, 9.17) is 24.7 Å². The van der Waals surface area contributed by atoms with E-state index < -0.39 is 54.6 Å². The molecule has 1 aliphatic rings. The van der Waals surface area contributed by atoms with Crippen molar-refractivity contribution in [1.29, 1.82) is 0 Å². The first-order chi connectivity index (χ1) is 16.7. The molecule has 4 rings (SSSR count). The molecule has 0 radical (unpaired) electrons. The molecule has 1 saturated heterocycles. The zero-order valence-electron chi connectivity index (χ0n) is 17.6. The molecule has 0 amide bonds. The van der Waals surface area contributed by atoms with Crippen molar-refractivity contribution in [3.63, 3.8) is 0 Å². The quantitative estimate of drug-likeness (QED) is 0.169. The van der Waals surface area contributed by atoms with E-state index in [1.165, 1.54) is 23.3 Å². The van der Waals surface area contributed by atoms with Crippen molar-refractivity contribution in [3.8, 4) is 11.1 Å². The molecule has 4 heterocycles. The fourth-order valence-electron chi connectivity index (χ4n) is 3.51. The third kappa shape index (κ3) is 5.77. The predicted octanol–water partition coefficient (Wildman–Crippen LogP) is 0.236. The van der Waals surface area contributed by atoms with Crippen LogP contribution in [0.4, 0.5) is 5.82 Å². The number of phosphoric ester groups is 1. The second-order valence-electron chi connectivity index (χ2n) is 7.35. The minimum Gasteiger partial charge on any atom is -0.472 e. The summed E-state index contributed by atoms with van der Waals surface area (Å²) in [4.78, 5) is 44.1. The molecular formula is C15H19N4O14P3. The monoisotopic (exact) mass is 572 g/mol. The lowest BCUT2D eigenvalue weighted by molar-refractivity contribution is -0.0500. The van der Waals surface area contributed by atoms with Crippen LogP contribution in [0.2, 0.25) is 0 Å². The normalized spacial score (nSPS) is 26.2. The zero-order valence-corrected chi connectivity index (χ0v) is 20.3. The Kier molecular flexibility index (Phi) is 7.29. The lowest BCUT2D eigenvalue weighted by atomic mass is 10.1. The average Bonchev–Trinajstić information content (AvgIpc) is 3.44. The van der Waals surface area contributed by atoms with E-state index in [2.05, 4.69) is 23.1 Å². The fraction of sp³-hybridized carbons (Fsp3) is 0.333. The smallest absolute Gasteiger partial charge is 0.472 e. The molecule has 0 bridgehead atoms. The van der Waals surface area contributed by atoms with E-state index in [0.29, 0.717) is 16.5 Å². The molecule has 0 aromatic carbocycles. The summed E-state index contributed by atoms with van der Waals surface area (Å²) in [6.45, 7) is -0.969. The van der Waals surface area contributed by atoms with Crippen LogP contribution in [0.25, 0.3) is 22.2 Å². The Labute approximate surface area is 200 Å². The van der Waals surface area contributed by atoms with Crippen molar-refractivity contribution in [2.75, 3.05) is 12.3 Å². The number of ether oxygens (including phenoxy) is 1. The minimum absolute atomic E-state index is 0.104. The van der Waals surface area contributed by atoms with Crippen molar-refractivity contribution in [2.45, 2.75) is 24.5 Å². The number of nitrogens with zero attached hydrogens (tertiary/aromatic N) is 3. The first-order valence-corrected chi connectivity index (χ1v) is 14.1. The number of rotatable bonds is 9. The van der Waals surface area contributed by atoms with Gasteiger partial charge in [0.1, 0.15) is 36.1 Å². The largest absolute Gasteiger partial charge is 0.490 e. The van der Waals surface area contributed by atoms with Gasteiger partial charge in [-0.15, -0.1) is 0 Å². The third-order valence-corrected chi connectivity index (χ3v) is 8.70. The van der Waals surface area contributed by atoms with Crippen molar-refractivity contribution in [1.82, 2.24) is 14.5 Å². The highest BCUT2D eigenvalue weighted by molar-refractivity contribution is 7.66. The second kappa shape index (κ2) is 9.70. The maximum absolute atomic E-state index is 12.0. The minimum atomic E-state index is -5.73. The van der Waals surface area contributed by atoms with Crippen LogP contribution in [0.5, 0.6) is 0 Å². The number of fused-ring (bicyclic) bond motifs is 1. The number of nitrogens with two attached hydrogens (primary N) is 1. The van der Waals surface area contributed by atoms with Crippen molar-refractivity contribution < 1.29 is 65.8 Å². The van der Waals surface area contributed by atoms with Crippen LogP contribution in [-0.4, -0.2) is 69.2 Å². The summed E-state index contributed by atoms with van der Waals surface area (Å²) in [6.07, 6.45) is -0.598. The first-order valence-electron chi connectivity index (χ1n) is 9.61. The molecular weight excluding hydrogens is 553 g/mol. The van der Waals surface area contributed by atoms with E-state index in [0.717, 1.165) is 6.33 Å². The summed E-state index contributed by atoms with van der Waals surface area (Å²) in [6, 6.07) is 1.64. The van der Waals surface area contributed by atoms with Gasteiger partial charge in [0.25, 0.3) is 0 Å². The van der Waals surface area contributed by atoms with Gasteiger partial charge in [-0.1, -0.05) is 0 Å². The lowest BCUT2D eigenvalue weighted by Gasteiger charge is -2.19. The maximum atomic E-state index is 12.0. The SMILES string of the molecule is Nc1ncnc2c1c(-c1ccoc1)cn2[C@@H]1O[C@H](COP(=O)(O)OP(=O)(O)OP(=O)(O)O)[C@@H](O)[C@H]1O. The molecule has 6 atom stereocenters. The molecule has 18 nitrogen and oxygen atoms in total. The third-order valence-electron chi connectivity index (χ3n) is 4.90. The van der Waals surface area contributed by atoms with E-state index in [9.17, 15) is 33.7 Å². The Morgan fingerprint density at radius 2 is 1.78 bits per heavy atom. The number of hydrogen-bond donors (Lipinski definition) is 7. The number of nitrogen functional groups attached to an aromatic ring is 1. The van der Waals surface area contributed by atoms with Gasteiger partial charge in [-0.3, -0.25) is 4.52 Å². The standard InChI is InChI=1S/C15H19N4O14P3/c16-13-10-8(7-1-2-29-4-7)3-19(14(10)18-6-17-13)15-12(21)11(20)9(31-15)5-30-35(25,26)33-36(27,28)32-34(22,23)24/h1-4,6,9,11-12,15,20-21H,5H2,(H,25,26)(H,27,28)(H2,16,17,18)(H2,22,23,24)/t9-,11-,12-,15-/m1/s1. The molecule has 36 heavy (non-hydrogen) atoms. The van der Waals surface area contributed by atoms with Crippen LogP contribution < -0.4 is 5.73 Å². The number of anilines is 1. The van der Waals surface area contributed by atoms with Gasteiger partial charge < -0.3 is 49.2 Å². The van der Waals surface area contributed by atoms with E-state index in [1.807, 2.05) is 0 Å². The second-order valence-corrected chi connectivity index (χ2v) is 11.8. The molecule has 3 aromatic heterocycles. The Bertz CT molecular complexity index is 1390. The van der Waals surface area contributed by atoms with Crippen molar-refractivity contribution >= 4 is 40.3 Å². The highest BCUT2D eigenvalue weighted by Crippen LogP contribution is 2.66. The van der Waals surface area contributed by atoms with Gasteiger partial charge in [-0.25, -0.2) is 23.7 Å². The van der Waals surface area contributed by atoms with Crippen LogP contribution in [0, 0.1) is 0 Å². The molecule has 8 N–H and O–H groups in total. The summed E-state index contributed by atoms with van der Waals surface area (Å²) >= 11 is 0. The maximum Gasteiger partial charge on any atom is 0.490 e. The summed E-state index contributed by atoms with van der Waals surface area (Å²) in [5.74, 6) is 0.104. The van der Waals surface area contributed by atoms with Gasteiger partial charge >= 0.3 is 23.5 Å². The van der Waals surface area contributed by atoms with Gasteiger partial charge in [0, 0.05) is 17.3 Å². The predicted molar refractivity (Wildman–Crippen MR) is 115 cm³/mol. The number of phosphoric acid groups is 3. The van der Waals surface area contributed by atoms with Crippen molar-refractivity contribution in [2.24, 2.45) is 0 Å². The topological polar surface area (TPSA) is 279 Å². The first kappa shape index (κ1) is 27.0. The van der Waals surface area contributed by atoms with Gasteiger partial charge in [-0.2, -0.15) is 8.62 Å². The van der Waals surface area contributed by atoms with E-state index in [-0.39, 0.29) is 11.5 Å². The van der Waals surface area contributed by atoms with E-state index in [1.54, 1.807) is 6.07 Å². The van der Waals surface area contributed by atoms with Gasteiger partial charge in [0.15, 0.2) is 6.23 Å². The number of aliphatic hydroxyl groups excluding tert-OH is 2. The van der Waals surface area contributed by atoms with Gasteiger partial charge in [-0.05, 0) is 6.07 Å². The number of aliphatic hydroxyl groups is 2. The fourth-order valence-corrected chi connectivity index (χ4v) is 6.54. The van der Waals surface area contributed by atoms with Crippen LogP contribution in [-0.2, 0) is 31.6 Å². The molecule has 3 aromatic rings.